The molecule has 1 N–H and O–H groups in total. The van der Waals surface area contributed by atoms with Crippen molar-refractivity contribution >= 4 is 10.0 Å². The molecule has 4 nitrogen and oxygen atoms in total. The van der Waals surface area contributed by atoms with Gasteiger partial charge >= 0.3 is 0 Å². The van der Waals surface area contributed by atoms with Gasteiger partial charge in [-0.3, -0.25) is 0 Å². The lowest BCUT2D eigenvalue weighted by atomic mass is 10.1. The van der Waals surface area contributed by atoms with Crippen LogP contribution in [0.2, 0.25) is 0 Å². The van der Waals surface area contributed by atoms with Crippen LogP contribution in [0.3, 0.4) is 0 Å². The fourth-order valence-corrected chi connectivity index (χ4v) is 3.98. The molecule has 0 aliphatic carbocycles. The number of hydrogen-bond donors (Lipinski definition) is 1. The zero-order chi connectivity index (χ0) is 14.0. The van der Waals surface area contributed by atoms with E-state index >= 15 is 0 Å². The topological polar surface area (TPSA) is 57.6 Å². The summed E-state index contributed by atoms with van der Waals surface area (Å²) in [5, 5.41) is 9.03. The Kier molecular flexibility index (Phi) is 4.23. The second-order valence-corrected chi connectivity index (χ2v) is 6.76. The average molecular weight is 287 g/mol. The van der Waals surface area contributed by atoms with Gasteiger partial charge in [0.15, 0.2) is 0 Å². The first kappa shape index (κ1) is 14.4. The van der Waals surface area contributed by atoms with Crippen LogP contribution in [-0.4, -0.2) is 30.9 Å². The molecule has 0 amide bonds. The first-order valence-corrected chi connectivity index (χ1v) is 7.82. The first-order chi connectivity index (χ1) is 8.98. The zero-order valence-electron chi connectivity index (χ0n) is 10.8. The molecule has 0 saturated carbocycles. The molecule has 0 radical (unpaired) electrons. The maximum atomic E-state index is 13.7. The number of hydrogen-bond acceptors (Lipinski definition) is 3. The normalized spacial score (nSPS) is 20.9. The lowest BCUT2D eigenvalue weighted by Gasteiger charge is -2.17. The largest absolute Gasteiger partial charge is 0.392 e. The van der Waals surface area contributed by atoms with E-state index in [9.17, 15) is 12.8 Å². The molecule has 1 aliphatic heterocycles. The van der Waals surface area contributed by atoms with Crippen LogP contribution in [-0.2, 0) is 16.6 Å². The first-order valence-electron chi connectivity index (χ1n) is 6.38. The Balaban J connectivity index is 2.34. The fourth-order valence-electron chi connectivity index (χ4n) is 2.33. The van der Waals surface area contributed by atoms with Gasteiger partial charge in [-0.1, -0.05) is 19.4 Å². The molecule has 1 aliphatic rings. The van der Waals surface area contributed by atoms with Gasteiger partial charge < -0.3 is 5.11 Å². The van der Waals surface area contributed by atoms with Crippen LogP contribution in [0.1, 0.15) is 25.3 Å². The Morgan fingerprint density at radius 1 is 1.47 bits per heavy atom. The molecule has 106 valence electrons. The minimum Gasteiger partial charge on any atom is -0.392 e. The summed E-state index contributed by atoms with van der Waals surface area (Å²) in [6, 6.07) is 3.68. The van der Waals surface area contributed by atoms with Gasteiger partial charge in [0.25, 0.3) is 0 Å². The van der Waals surface area contributed by atoms with Crippen molar-refractivity contribution in [3.63, 3.8) is 0 Å². The van der Waals surface area contributed by atoms with E-state index in [1.54, 1.807) is 0 Å². The molecule has 1 fully saturated rings. The zero-order valence-corrected chi connectivity index (χ0v) is 11.7. The van der Waals surface area contributed by atoms with Crippen molar-refractivity contribution in [3.05, 3.63) is 29.6 Å². The van der Waals surface area contributed by atoms with Crippen molar-refractivity contribution < 1.29 is 17.9 Å². The maximum Gasteiger partial charge on any atom is 0.246 e. The molecule has 1 saturated heterocycles. The number of sulfonamides is 1. The Bertz CT molecular complexity index is 559. The second-order valence-electron chi connectivity index (χ2n) is 4.85. The number of aliphatic hydroxyl groups excluding tert-OH is 1. The highest BCUT2D eigenvalue weighted by molar-refractivity contribution is 7.89. The van der Waals surface area contributed by atoms with E-state index < -0.39 is 15.8 Å². The van der Waals surface area contributed by atoms with Crippen LogP contribution in [0.25, 0.3) is 0 Å². The molecule has 6 heteroatoms. The highest BCUT2D eigenvalue weighted by atomic mass is 32.2. The van der Waals surface area contributed by atoms with E-state index in [2.05, 4.69) is 0 Å². The molecule has 19 heavy (non-hydrogen) atoms. The number of nitrogens with zero attached hydrogens (tertiary/aromatic N) is 1. The second kappa shape index (κ2) is 5.56. The van der Waals surface area contributed by atoms with Gasteiger partial charge in [0.1, 0.15) is 10.7 Å². The lowest BCUT2D eigenvalue weighted by Crippen LogP contribution is -2.29. The van der Waals surface area contributed by atoms with Gasteiger partial charge in [0.05, 0.1) is 6.61 Å². The molecule has 1 aromatic rings. The molecule has 1 heterocycles. The standard InChI is InChI=1S/C13H18FNO3S/c1-2-10-5-6-15(8-10)19(17,18)13-7-11(9-16)3-4-12(13)14/h3-4,7,10,16H,2,5-6,8-9H2,1H3. The molecular weight excluding hydrogens is 269 g/mol. The van der Waals surface area contributed by atoms with Gasteiger partial charge in [-0.15, -0.1) is 0 Å². The van der Waals surface area contributed by atoms with E-state index in [1.807, 2.05) is 6.92 Å². The minimum atomic E-state index is -3.80. The maximum absolute atomic E-state index is 13.7. The summed E-state index contributed by atoms with van der Waals surface area (Å²) in [5.41, 5.74) is 0.395. The van der Waals surface area contributed by atoms with Crippen molar-refractivity contribution in [2.75, 3.05) is 13.1 Å². The Hall–Kier alpha value is -0.980. The Morgan fingerprint density at radius 2 is 2.21 bits per heavy atom. The van der Waals surface area contributed by atoms with Crippen LogP contribution in [0.4, 0.5) is 4.39 Å². The van der Waals surface area contributed by atoms with E-state index in [4.69, 9.17) is 5.11 Å². The van der Waals surface area contributed by atoms with Gasteiger partial charge in [-0.2, -0.15) is 4.31 Å². The average Bonchev–Trinajstić information content (AvgIpc) is 2.88. The Labute approximate surface area is 112 Å². The summed E-state index contributed by atoms with van der Waals surface area (Å²) in [6.45, 7) is 2.60. The molecule has 0 spiro atoms. The number of rotatable bonds is 4. The summed E-state index contributed by atoms with van der Waals surface area (Å²) in [4.78, 5) is -0.337. The molecule has 0 aromatic heterocycles. The van der Waals surface area contributed by atoms with Gasteiger partial charge in [-0.25, -0.2) is 12.8 Å². The Morgan fingerprint density at radius 3 is 2.79 bits per heavy atom. The van der Waals surface area contributed by atoms with Crippen LogP contribution in [0.5, 0.6) is 0 Å². The summed E-state index contributed by atoms with van der Waals surface area (Å²) in [7, 11) is -3.80. The van der Waals surface area contributed by atoms with E-state index in [1.165, 1.54) is 16.4 Å². The van der Waals surface area contributed by atoms with Crippen molar-refractivity contribution in [2.24, 2.45) is 5.92 Å². The molecule has 1 unspecified atom stereocenters. The number of aliphatic hydroxyl groups is 1. The van der Waals surface area contributed by atoms with E-state index in [0.717, 1.165) is 18.9 Å². The van der Waals surface area contributed by atoms with Gasteiger partial charge in [-0.05, 0) is 30.0 Å². The summed E-state index contributed by atoms with van der Waals surface area (Å²) in [6.07, 6.45) is 1.74. The summed E-state index contributed by atoms with van der Waals surface area (Å²) in [5.74, 6) is -0.420. The van der Waals surface area contributed by atoms with Crippen molar-refractivity contribution in [1.82, 2.24) is 4.31 Å². The van der Waals surface area contributed by atoms with Crippen LogP contribution < -0.4 is 0 Å². The third-order valence-corrected chi connectivity index (χ3v) is 5.50. The van der Waals surface area contributed by atoms with Gasteiger partial charge in [0, 0.05) is 13.1 Å². The quantitative estimate of drug-likeness (QED) is 0.917. The molecule has 1 atom stereocenters. The molecular formula is C13H18FNO3S. The summed E-state index contributed by atoms with van der Waals surface area (Å²) < 4.78 is 39.9. The monoisotopic (exact) mass is 287 g/mol. The number of benzene rings is 1. The minimum absolute atomic E-state index is 0.305. The lowest BCUT2D eigenvalue weighted by molar-refractivity contribution is 0.281. The third-order valence-electron chi connectivity index (χ3n) is 3.62. The van der Waals surface area contributed by atoms with Crippen LogP contribution in [0.15, 0.2) is 23.1 Å². The highest BCUT2D eigenvalue weighted by Gasteiger charge is 2.33. The SMILES string of the molecule is CCC1CCN(S(=O)(=O)c2cc(CO)ccc2F)C1. The molecule has 1 aromatic carbocycles. The molecule has 2 rings (SSSR count). The smallest absolute Gasteiger partial charge is 0.246 e. The third kappa shape index (κ3) is 2.80. The summed E-state index contributed by atoms with van der Waals surface area (Å²) >= 11 is 0. The van der Waals surface area contributed by atoms with Gasteiger partial charge in [0.2, 0.25) is 10.0 Å². The van der Waals surface area contributed by atoms with Crippen molar-refractivity contribution in [2.45, 2.75) is 31.3 Å². The highest BCUT2D eigenvalue weighted by Crippen LogP contribution is 2.27. The van der Waals surface area contributed by atoms with Crippen LogP contribution in [0, 0.1) is 11.7 Å². The predicted octanol–water partition coefficient (Wildman–Crippen LogP) is 1.74. The van der Waals surface area contributed by atoms with E-state index in [0.29, 0.717) is 24.6 Å². The van der Waals surface area contributed by atoms with Crippen molar-refractivity contribution in [3.8, 4) is 0 Å². The van der Waals surface area contributed by atoms with Crippen molar-refractivity contribution in [1.29, 1.82) is 0 Å². The predicted molar refractivity (Wildman–Crippen MR) is 69.5 cm³/mol. The molecule has 0 bridgehead atoms. The van der Waals surface area contributed by atoms with Crippen LogP contribution >= 0.6 is 0 Å². The van der Waals surface area contributed by atoms with E-state index in [-0.39, 0.29) is 11.5 Å². The fraction of sp³-hybridized carbons (Fsp3) is 0.538. The number of halogens is 1.